The molecule has 0 spiro atoms. The Bertz CT molecular complexity index is 347. The molecule has 1 heterocycles. The summed E-state index contributed by atoms with van der Waals surface area (Å²) in [6.45, 7) is 3.28. The number of thiazole rings is 1. The van der Waals surface area contributed by atoms with Gasteiger partial charge in [-0.3, -0.25) is 4.79 Å². The molecule has 0 aliphatic heterocycles. The molecule has 4 nitrogen and oxygen atoms in total. The lowest BCUT2D eigenvalue weighted by Gasteiger charge is -2.15. The lowest BCUT2D eigenvalue weighted by molar-refractivity contribution is -0.130. The minimum absolute atomic E-state index is 0. The van der Waals surface area contributed by atoms with Crippen molar-refractivity contribution >= 4 is 42.1 Å². The summed E-state index contributed by atoms with van der Waals surface area (Å²) in [7, 11) is 1.81. The summed E-state index contributed by atoms with van der Waals surface area (Å²) in [5.41, 5.74) is 5.37. The van der Waals surface area contributed by atoms with E-state index in [0.717, 1.165) is 17.8 Å². The topological polar surface area (TPSA) is 59.2 Å². The third kappa shape index (κ3) is 6.54. The average Bonchev–Trinajstić information content (AvgIpc) is 2.73. The third-order valence-electron chi connectivity index (χ3n) is 2.34. The van der Waals surface area contributed by atoms with Crippen molar-refractivity contribution in [2.45, 2.75) is 32.7 Å². The summed E-state index contributed by atoms with van der Waals surface area (Å²) in [5.74, 6) is 0.138. The Hall–Kier alpha value is -0.360. The van der Waals surface area contributed by atoms with E-state index >= 15 is 0 Å². The van der Waals surface area contributed by atoms with E-state index in [1.165, 1.54) is 4.88 Å². The summed E-state index contributed by atoms with van der Waals surface area (Å²) in [6.07, 6.45) is 4.17. The van der Waals surface area contributed by atoms with E-state index in [0.29, 0.717) is 19.5 Å². The number of hydrogen-bond acceptors (Lipinski definition) is 4. The first kappa shape index (κ1) is 20.0. The quantitative estimate of drug-likeness (QED) is 0.876. The number of nitrogens with two attached hydrogens (primary N) is 1. The average molecular weight is 314 g/mol. The van der Waals surface area contributed by atoms with Gasteiger partial charge in [0.1, 0.15) is 5.01 Å². The van der Waals surface area contributed by atoms with E-state index in [1.54, 1.807) is 16.2 Å². The molecule has 1 aromatic heterocycles. The minimum Gasteiger partial charge on any atom is -0.339 e. The van der Waals surface area contributed by atoms with Crippen LogP contribution in [0, 0.1) is 0 Å². The minimum atomic E-state index is 0. The van der Waals surface area contributed by atoms with E-state index in [1.807, 2.05) is 13.2 Å². The SMILES string of the molecule is CCc1cnc(CN(C)C(=O)CCCN)s1.Cl.Cl. The van der Waals surface area contributed by atoms with Crippen LogP contribution in [0.2, 0.25) is 0 Å². The molecule has 1 aromatic rings. The molecule has 0 saturated carbocycles. The molecule has 0 unspecified atom stereocenters. The van der Waals surface area contributed by atoms with Crippen LogP contribution in [-0.2, 0) is 17.8 Å². The van der Waals surface area contributed by atoms with Crippen LogP contribution in [-0.4, -0.2) is 29.4 Å². The van der Waals surface area contributed by atoms with Crippen molar-refractivity contribution in [2.24, 2.45) is 5.73 Å². The second kappa shape index (κ2) is 10.6. The zero-order valence-corrected chi connectivity index (χ0v) is 13.2. The van der Waals surface area contributed by atoms with Crippen molar-refractivity contribution in [1.82, 2.24) is 9.88 Å². The summed E-state index contributed by atoms with van der Waals surface area (Å²) in [6, 6.07) is 0. The normalized spacial score (nSPS) is 9.28. The number of carbonyl (C=O) groups is 1. The summed E-state index contributed by atoms with van der Waals surface area (Å²) in [5, 5.41) is 1.00. The van der Waals surface area contributed by atoms with Crippen molar-refractivity contribution in [3.63, 3.8) is 0 Å². The van der Waals surface area contributed by atoms with Crippen LogP contribution in [0.4, 0.5) is 0 Å². The molecule has 0 aliphatic carbocycles. The molecule has 0 saturated heterocycles. The Kier molecular flexibility index (Phi) is 11.7. The van der Waals surface area contributed by atoms with Crippen LogP contribution in [0.3, 0.4) is 0 Å². The number of aromatic nitrogens is 1. The van der Waals surface area contributed by atoms with E-state index in [9.17, 15) is 4.79 Å². The molecule has 18 heavy (non-hydrogen) atoms. The molecular weight excluding hydrogens is 293 g/mol. The van der Waals surface area contributed by atoms with Crippen LogP contribution in [0.15, 0.2) is 6.20 Å². The van der Waals surface area contributed by atoms with E-state index < -0.39 is 0 Å². The van der Waals surface area contributed by atoms with Gasteiger partial charge in [0.05, 0.1) is 6.54 Å². The lowest BCUT2D eigenvalue weighted by atomic mass is 10.3. The van der Waals surface area contributed by atoms with E-state index in [4.69, 9.17) is 5.73 Å². The van der Waals surface area contributed by atoms with Gasteiger partial charge in [-0.05, 0) is 19.4 Å². The maximum Gasteiger partial charge on any atom is 0.222 e. The van der Waals surface area contributed by atoms with E-state index in [2.05, 4.69) is 11.9 Å². The van der Waals surface area contributed by atoms with Crippen molar-refractivity contribution < 1.29 is 4.79 Å². The van der Waals surface area contributed by atoms with Crippen LogP contribution >= 0.6 is 36.2 Å². The molecule has 2 N–H and O–H groups in total. The number of rotatable bonds is 6. The smallest absolute Gasteiger partial charge is 0.222 e. The van der Waals surface area contributed by atoms with Gasteiger partial charge >= 0.3 is 0 Å². The van der Waals surface area contributed by atoms with Gasteiger partial charge in [-0.15, -0.1) is 36.2 Å². The van der Waals surface area contributed by atoms with Gasteiger partial charge in [0.25, 0.3) is 0 Å². The third-order valence-corrected chi connectivity index (χ3v) is 3.47. The lowest BCUT2D eigenvalue weighted by Crippen LogP contribution is -2.26. The van der Waals surface area contributed by atoms with Crippen LogP contribution in [0.25, 0.3) is 0 Å². The highest BCUT2D eigenvalue weighted by molar-refractivity contribution is 7.11. The molecular formula is C11H21Cl2N3OS. The summed E-state index contributed by atoms with van der Waals surface area (Å²) >= 11 is 1.67. The highest BCUT2D eigenvalue weighted by Crippen LogP contribution is 2.15. The second-order valence-electron chi connectivity index (χ2n) is 3.72. The van der Waals surface area contributed by atoms with Crippen molar-refractivity contribution in [1.29, 1.82) is 0 Å². The first-order valence-corrected chi connectivity index (χ1v) is 6.36. The predicted molar refractivity (Wildman–Crippen MR) is 80.8 cm³/mol. The van der Waals surface area contributed by atoms with Gasteiger partial charge in [0.2, 0.25) is 5.91 Å². The number of hydrogen-bond donors (Lipinski definition) is 1. The van der Waals surface area contributed by atoms with Crippen molar-refractivity contribution in [3.8, 4) is 0 Å². The van der Waals surface area contributed by atoms with Crippen LogP contribution in [0.5, 0.6) is 0 Å². The number of carbonyl (C=O) groups excluding carboxylic acids is 1. The molecule has 7 heteroatoms. The standard InChI is InChI=1S/C11H19N3OS.2ClH/c1-3-9-7-13-10(16-9)8-14(2)11(15)5-4-6-12;;/h7H,3-6,8,12H2,1-2H3;2*1H. The highest BCUT2D eigenvalue weighted by Gasteiger charge is 2.10. The number of nitrogens with zero attached hydrogens (tertiary/aromatic N) is 2. The molecule has 1 amide bonds. The fourth-order valence-corrected chi connectivity index (χ4v) is 2.24. The van der Waals surface area contributed by atoms with Gasteiger partial charge in [0.15, 0.2) is 0 Å². The fraction of sp³-hybridized carbons (Fsp3) is 0.636. The number of aryl methyl sites for hydroxylation is 1. The highest BCUT2D eigenvalue weighted by atomic mass is 35.5. The molecule has 0 radical (unpaired) electrons. The second-order valence-corrected chi connectivity index (χ2v) is 4.92. The van der Waals surface area contributed by atoms with Crippen molar-refractivity contribution in [3.05, 3.63) is 16.1 Å². The molecule has 0 bridgehead atoms. The molecule has 0 aromatic carbocycles. The zero-order chi connectivity index (χ0) is 12.0. The fourth-order valence-electron chi connectivity index (χ4n) is 1.32. The van der Waals surface area contributed by atoms with Crippen LogP contribution in [0.1, 0.15) is 29.7 Å². The number of amides is 1. The Morgan fingerprint density at radius 3 is 2.67 bits per heavy atom. The van der Waals surface area contributed by atoms with Gasteiger partial charge in [-0.2, -0.15) is 0 Å². The summed E-state index contributed by atoms with van der Waals surface area (Å²) in [4.78, 5) is 18.9. The molecule has 106 valence electrons. The van der Waals surface area contributed by atoms with Gasteiger partial charge < -0.3 is 10.6 Å². The monoisotopic (exact) mass is 313 g/mol. The number of halogens is 2. The Morgan fingerprint density at radius 1 is 1.50 bits per heavy atom. The predicted octanol–water partition coefficient (Wildman–Crippen LogP) is 2.25. The van der Waals surface area contributed by atoms with Crippen LogP contribution < -0.4 is 5.73 Å². The largest absolute Gasteiger partial charge is 0.339 e. The first-order valence-electron chi connectivity index (χ1n) is 5.55. The van der Waals surface area contributed by atoms with Gasteiger partial charge in [-0.1, -0.05) is 6.92 Å². The van der Waals surface area contributed by atoms with E-state index in [-0.39, 0.29) is 30.7 Å². The molecule has 1 rings (SSSR count). The molecule has 0 fully saturated rings. The first-order chi connectivity index (χ1) is 7.67. The zero-order valence-electron chi connectivity index (χ0n) is 10.7. The maximum atomic E-state index is 11.6. The Labute approximate surface area is 125 Å². The Balaban J connectivity index is 0. The molecule has 0 atom stereocenters. The summed E-state index contributed by atoms with van der Waals surface area (Å²) < 4.78 is 0. The molecule has 0 aliphatic rings. The van der Waals surface area contributed by atoms with Crippen molar-refractivity contribution in [2.75, 3.05) is 13.6 Å². The maximum absolute atomic E-state index is 11.6. The Morgan fingerprint density at radius 2 is 2.17 bits per heavy atom. The van der Waals surface area contributed by atoms with Gasteiger partial charge in [0, 0.05) is 24.5 Å². The van der Waals surface area contributed by atoms with Gasteiger partial charge in [-0.25, -0.2) is 4.98 Å².